The van der Waals surface area contributed by atoms with Crippen molar-refractivity contribution in [2.45, 2.75) is 12.8 Å². The maximum Gasteiger partial charge on any atom is 0.287 e. The fourth-order valence-corrected chi connectivity index (χ4v) is 2.40. The third-order valence-electron chi connectivity index (χ3n) is 2.44. The number of benzene rings is 1. The molecule has 2 aromatic rings. The number of alkyl halides is 2. The lowest BCUT2D eigenvalue weighted by Crippen LogP contribution is -2.31. The highest BCUT2D eigenvalue weighted by Crippen LogP contribution is 2.30. The number of aromatic nitrogens is 1. The van der Waals surface area contributed by atoms with Gasteiger partial charge in [0.05, 0.1) is 33.1 Å². The van der Waals surface area contributed by atoms with Gasteiger partial charge in [0.15, 0.2) is 0 Å². The van der Waals surface area contributed by atoms with Crippen molar-refractivity contribution >= 4 is 32.9 Å². The van der Waals surface area contributed by atoms with Crippen LogP contribution in [-0.2, 0) is 0 Å². The zero-order valence-corrected chi connectivity index (χ0v) is 10.5. The molecular formula is C11H13F2N3OS. The number of fused-ring (bicyclic) bond motifs is 1. The number of hydrogen-bond donors (Lipinski definition) is 3. The molecule has 4 N–H and O–H groups in total. The highest BCUT2D eigenvalue weighted by atomic mass is 32.1. The van der Waals surface area contributed by atoms with E-state index < -0.39 is 19.1 Å². The third-order valence-corrected chi connectivity index (χ3v) is 3.37. The second kappa shape index (κ2) is 4.66. The lowest BCUT2D eigenvalue weighted by Gasteiger charge is -2.16. The fraction of sp³-hybridized carbons (Fsp3) is 0.364. The number of nitrogens with zero attached hydrogens (tertiary/aromatic N) is 1. The van der Waals surface area contributed by atoms with Gasteiger partial charge in [-0.1, -0.05) is 0 Å². The minimum atomic E-state index is -3.17. The van der Waals surface area contributed by atoms with Crippen LogP contribution in [0.2, 0.25) is 0 Å². The Morgan fingerprint density at radius 3 is 2.89 bits per heavy atom. The van der Waals surface area contributed by atoms with E-state index >= 15 is 0 Å². The molecule has 0 radical (unpaired) electrons. The van der Waals surface area contributed by atoms with Crippen molar-refractivity contribution in [3.05, 3.63) is 17.1 Å². The second-order valence-electron chi connectivity index (χ2n) is 4.01. The monoisotopic (exact) mass is 273 g/mol. The molecule has 7 heteroatoms. The van der Waals surface area contributed by atoms with Crippen LogP contribution in [0.4, 0.5) is 20.2 Å². The number of aliphatic hydroxyl groups is 1. The van der Waals surface area contributed by atoms with Gasteiger partial charge in [-0.25, -0.2) is 13.8 Å². The van der Waals surface area contributed by atoms with Gasteiger partial charge in [0.25, 0.3) is 5.92 Å². The van der Waals surface area contributed by atoms with Crippen LogP contribution in [0, 0.1) is 6.92 Å². The van der Waals surface area contributed by atoms with E-state index in [9.17, 15) is 8.78 Å². The Labute approximate surface area is 106 Å². The summed E-state index contributed by atoms with van der Waals surface area (Å²) in [6.45, 7) is 0.00809. The van der Waals surface area contributed by atoms with E-state index in [4.69, 9.17) is 10.8 Å². The lowest BCUT2D eigenvalue weighted by atomic mass is 10.2. The fourth-order valence-electron chi connectivity index (χ4n) is 1.54. The number of anilines is 2. The smallest absolute Gasteiger partial charge is 0.287 e. The molecular weight excluding hydrogens is 260 g/mol. The number of halogens is 2. The van der Waals surface area contributed by atoms with Crippen LogP contribution < -0.4 is 11.1 Å². The van der Waals surface area contributed by atoms with Crippen LogP contribution in [0.3, 0.4) is 0 Å². The molecule has 0 aliphatic carbocycles. The van der Waals surface area contributed by atoms with E-state index in [1.165, 1.54) is 11.3 Å². The topological polar surface area (TPSA) is 71.2 Å². The van der Waals surface area contributed by atoms with E-state index in [1.54, 1.807) is 12.1 Å². The molecule has 4 nitrogen and oxygen atoms in total. The highest BCUT2D eigenvalue weighted by Gasteiger charge is 2.27. The predicted molar refractivity (Wildman–Crippen MR) is 69.3 cm³/mol. The Bertz CT molecular complexity index is 571. The van der Waals surface area contributed by atoms with E-state index in [-0.39, 0.29) is 0 Å². The van der Waals surface area contributed by atoms with Crippen molar-refractivity contribution in [3.8, 4) is 0 Å². The van der Waals surface area contributed by atoms with E-state index in [0.717, 1.165) is 15.2 Å². The van der Waals surface area contributed by atoms with Crippen molar-refractivity contribution < 1.29 is 13.9 Å². The van der Waals surface area contributed by atoms with Gasteiger partial charge in [0.2, 0.25) is 0 Å². The molecule has 0 spiro atoms. The molecule has 0 saturated carbocycles. The van der Waals surface area contributed by atoms with Gasteiger partial charge in [-0.3, -0.25) is 0 Å². The highest BCUT2D eigenvalue weighted by molar-refractivity contribution is 7.18. The van der Waals surface area contributed by atoms with Crippen LogP contribution in [0.1, 0.15) is 5.01 Å². The molecule has 0 amide bonds. The van der Waals surface area contributed by atoms with Gasteiger partial charge in [0, 0.05) is 0 Å². The molecule has 0 aliphatic rings. The van der Waals surface area contributed by atoms with Crippen LogP contribution in [0.25, 0.3) is 10.2 Å². The van der Waals surface area contributed by atoms with Crippen LogP contribution in [-0.4, -0.2) is 29.2 Å². The number of thiazole rings is 1. The molecule has 18 heavy (non-hydrogen) atoms. The molecule has 0 unspecified atom stereocenters. The third kappa shape index (κ3) is 2.68. The van der Waals surface area contributed by atoms with Gasteiger partial charge in [-0.2, -0.15) is 0 Å². The molecule has 1 aromatic carbocycles. The summed E-state index contributed by atoms with van der Waals surface area (Å²) in [7, 11) is 0. The van der Waals surface area contributed by atoms with Crippen LogP contribution in [0.15, 0.2) is 12.1 Å². The Morgan fingerprint density at radius 1 is 1.50 bits per heavy atom. The Morgan fingerprint density at radius 2 is 2.22 bits per heavy atom. The van der Waals surface area contributed by atoms with E-state index in [2.05, 4.69) is 10.3 Å². The summed E-state index contributed by atoms with van der Waals surface area (Å²) in [5.41, 5.74) is 7.29. The number of nitrogens with two attached hydrogens (primary N) is 1. The number of nitrogens with one attached hydrogen (secondary N) is 1. The van der Waals surface area contributed by atoms with Gasteiger partial charge in [-0.05, 0) is 19.1 Å². The van der Waals surface area contributed by atoms with Crippen molar-refractivity contribution in [2.75, 3.05) is 24.2 Å². The van der Waals surface area contributed by atoms with Gasteiger partial charge in [0.1, 0.15) is 6.61 Å². The Balaban J connectivity index is 2.25. The van der Waals surface area contributed by atoms with Crippen molar-refractivity contribution in [1.29, 1.82) is 0 Å². The molecule has 1 aromatic heterocycles. The standard InChI is InChI=1S/C11H13F2N3OS/c1-6-16-9-3-8(7(14)2-10(9)18-6)15-4-11(12,13)5-17/h2-3,15,17H,4-5,14H2,1H3. The number of aliphatic hydroxyl groups excluding tert-OH is 1. The Hall–Kier alpha value is -1.47. The molecule has 0 atom stereocenters. The average molecular weight is 273 g/mol. The zero-order valence-electron chi connectivity index (χ0n) is 9.70. The SMILES string of the molecule is Cc1nc2cc(NCC(F)(F)CO)c(N)cc2s1. The molecule has 2 rings (SSSR count). The zero-order chi connectivity index (χ0) is 13.3. The summed E-state index contributed by atoms with van der Waals surface area (Å²) in [4.78, 5) is 4.27. The van der Waals surface area contributed by atoms with Crippen LogP contribution in [0.5, 0.6) is 0 Å². The molecule has 98 valence electrons. The number of hydrogen-bond acceptors (Lipinski definition) is 5. The maximum atomic E-state index is 12.9. The first-order valence-electron chi connectivity index (χ1n) is 5.30. The molecule has 0 saturated heterocycles. The van der Waals surface area contributed by atoms with Gasteiger partial charge in [-0.15, -0.1) is 11.3 Å². The molecule has 0 aliphatic heterocycles. The molecule has 0 fully saturated rings. The predicted octanol–water partition coefficient (Wildman–Crippen LogP) is 2.23. The van der Waals surface area contributed by atoms with Gasteiger partial charge < -0.3 is 16.2 Å². The van der Waals surface area contributed by atoms with Gasteiger partial charge >= 0.3 is 0 Å². The number of aryl methyl sites for hydroxylation is 1. The summed E-state index contributed by atoms with van der Waals surface area (Å²) >= 11 is 1.50. The van der Waals surface area contributed by atoms with Crippen molar-refractivity contribution in [1.82, 2.24) is 4.98 Å². The summed E-state index contributed by atoms with van der Waals surface area (Å²) in [6, 6.07) is 3.35. The van der Waals surface area contributed by atoms with Crippen LogP contribution >= 0.6 is 11.3 Å². The first kappa shape index (κ1) is 13.0. The Kier molecular flexibility index (Phi) is 3.36. The first-order chi connectivity index (χ1) is 8.41. The minimum absolute atomic E-state index is 0.389. The maximum absolute atomic E-state index is 12.9. The largest absolute Gasteiger partial charge is 0.397 e. The molecule has 1 heterocycles. The number of rotatable bonds is 4. The quantitative estimate of drug-likeness (QED) is 0.747. The first-order valence-corrected chi connectivity index (χ1v) is 6.12. The summed E-state index contributed by atoms with van der Waals surface area (Å²) in [6.07, 6.45) is 0. The average Bonchev–Trinajstić information content (AvgIpc) is 2.65. The molecule has 0 bridgehead atoms. The lowest BCUT2D eigenvalue weighted by molar-refractivity contribution is -0.0372. The van der Waals surface area contributed by atoms with E-state index in [0.29, 0.717) is 11.4 Å². The number of nitrogen functional groups attached to an aromatic ring is 1. The summed E-state index contributed by atoms with van der Waals surface area (Å²) in [5.74, 6) is -3.17. The van der Waals surface area contributed by atoms with E-state index in [1.807, 2.05) is 6.92 Å². The summed E-state index contributed by atoms with van der Waals surface area (Å²) < 4.78 is 26.8. The van der Waals surface area contributed by atoms with Crippen molar-refractivity contribution in [3.63, 3.8) is 0 Å². The second-order valence-corrected chi connectivity index (χ2v) is 5.24. The summed E-state index contributed by atoms with van der Waals surface area (Å²) in [5, 5.41) is 11.9. The normalized spacial score (nSPS) is 12.0. The van der Waals surface area contributed by atoms with Crippen molar-refractivity contribution in [2.24, 2.45) is 0 Å². The minimum Gasteiger partial charge on any atom is -0.397 e.